The highest BCUT2D eigenvalue weighted by Crippen LogP contribution is 2.32. The molecule has 0 fully saturated rings. The normalized spacial score (nSPS) is 11.6. The van der Waals surface area contributed by atoms with E-state index in [1.165, 1.54) is 12.1 Å². The van der Waals surface area contributed by atoms with E-state index in [1.54, 1.807) is 6.20 Å². The highest BCUT2D eigenvalue weighted by molar-refractivity contribution is 6.32. The Balaban J connectivity index is 2.30. The molecule has 3 nitrogen and oxygen atoms in total. The largest absolute Gasteiger partial charge is 0.573 e. The van der Waals surface area contributed by atoms with E-state index in [-0.39, 0.29) is 5.02 Å². The van der Waals surface area contributed by atoms with Crippen LogP contribution in [0.5, 0.6) is 5.75 Å². The van der Waals surface area contributed by atoms with Gasteiger partial charge in [-0.3, -0.25) is 0 Å². The van der Waals surface area contributed by atoms with E-state index in [4.69, 9.17) is 11.6 Å². The maximum atomic E-state index is 12.0. The second-order valence-electron chi connectivity index (χ2n) is 3.61. The number of H-pyrrole nitrogens is 1. The molecule has 0 atom stereocenters. The van der Waals surface area contributed by atoms with E-state index in [9.17, 15) is 13.2 Å². The zero-order chi connectivity index (χ0) is 13.3. The number of ether oxygens (including phenoxy) is 1. The SMILES string of the molecule is Cc1cnc(-c2ccc(OC(F)(F)F)c(Cl)c2)[nH]1. The first kappa shape index (κ1) is 12.8. The van der Waals surface area contributed by atoms with Crippen LogP contribution in [0.2, 0.25) is 5.02 Å². The summed E-state index contributed by atoms with van der Waals surface area (Å²) in [4.78, 5) is 7.01. The molecule has 2 rings (SSSR count). The molecular formula is C11H8ClF3N2O. The van der Waals surface area contributed by atoms with Crippen LogP contribution in [0, 0.1) is 6.92 Å². The third-order valence-corrected chi connectivity index (χ3v) is 2.43. The summed E-state index contributed by atoms with van der Waals surface area (Å²) < 4.78 is 39.9. The minimum absolute atomic E-state index is 0.126. The molecule has 0 amide bonds. The number of aryl methyl sites for hydroxylation is 1. The molecule has 0 aliphatic carbocycles. The minimum atomic E-state index is -4.76. The number of rotatable bonds is 2. The standard InChI is InChI=1S/C11H8ClF3N2O/c1-6-5-16-10(17-6)7-2-3-9(8(12)4-7)18-11(13,14)15/h2-5H,1H3,(H,16,17). The van der Waals surface area contributed by atoms with Crippen LogP contribution in [0.15, 0.2) is 24.4 Å². The molecule has 0 bridgehead atoms. The number of nitrogens with zero attached hydrogens (tertiary/aromatic N) is 1. The second-order valence-corrected chi connectivity index (χ2v) is 4.02. The lowest BCUT2D eigenvalue weighted by Crippen LogP contribution is -2.17. The zero-order valence-electron chi connectivity index (χ0n) is 9.18. The Morgan fingerprint density at radius 1 is 1.33 bits per heavy atom. The summed E-state index contributed by atoms with van der Waals surface area (Å²) in [6.07, 6.45) is -3.14. The Hall–Kier alpha value is -1.69. The number of alkyl halides is 3. The van der Waals surface area contributed by atoms with Crippen LogP contribution in [-0.4, -0.2) is 16.3 Å². The van der Waals surface area contributed by atoms with Gasteiger partial charge in [-0.1, -0.05) is 11.6 Å². The summed E-state index contributed by atoms with van der Waals surface area (Å²) in [5, 5.41) is -0.126. The van der Waals surface area contributed by atoms with Gasteiger partial charge in [0.05, 0.1) is 5.02 Å². The third-order valence-electron chi connectivity index (χ3n) is 2.13. The molecule has 18 heavy (non-hydrogen) atoms. The Labute approximate surface area is 106 Å². The monoisotopic (exact) mass is 276 g/mol. The number of halogens is 4. The highest BCUT2D eigenvalue weighted by Gasteiger charge is 2.32. The minimum Gasteiger partial charge on any atom is -0.404 e. The van der Waals surface area contributed by atoms with Crippen LogP contribution in [0.4, 0.5) is 13.2 Å². The molecule has 0 spiro atoms. The van der Waals surface area contributed by atoms with Gasteiger partial charge < -0.3 is 9.72 Å². The average Bonchev–Trinajstić information content (AvgIpc) is 2.66. The molecule has 1 aromatic heterocycles. The van der Waals surface area contributed by atoms with Gasteiger partial charge >= 0.3 is 6.36 Å². The fourth-order valence-electron chi connectivity index (χ4n) is 1.41. The summed E-state index contributed by atoms with van der Waals surface area (Å²) in [5.74, 6) is 0.101. The average molecular weight is 277 g/mol. The van der Waals surface area contributed by atoms with Crippen molar-refractivity contribution in [1.29, 1.82) is 0 Å². The number of hydrogen-bond donors (Lipinski definition) is 1. The first-order valence-electron chi connectivity index (χ1n) is 4.92. The van der Waals surface area contributed by atoms with Gasteiger partial charge in [-0.05, 0) is 25.1 Å². The molecule has 0 radical (unpaired) electrons. The van der Waals surface area contributed by atoms with Crippen molar-refractivity contribution in [3.63, 3.8) is 0 Å². The van der Waals surface area contributed by atoms with Gasteiger partial charge in [-0.15, -0.1) is 13.2 Å². The third kappa shape index (κ3) is 2.95. The smallest absolute Gasteiger partial charge is 0.404 e. The molecule has 0 aliphatic rings. The van der Waals surface area contributed by atoms with Crippen molar-refractivity contribution in [3.05, 3.63) is 35.1 Å². The van der Waals surface area contributed by atoms with Gasteiger partial charge in [0.2, 0.25) is 0 Å². The lowest BCUT2D eigenvalue weighted by Gasteiger charge is -2.10. The molecule has 1 N–H and O–H groups in total. The van der Waals surface area contributed by atoms with Crippen molar-refractivity contribution < 1.29 is 17.9 Å². The number of nitrogens with one attached hydrogen (secondary N) is 1. The van der Waals surface area contributed by atoms with Crippen LogP contribution in [-0.2, 0) is 0 Å². The highest BCUT2D eigenvalue weighted by atomic mass is 35.5. The first-order valence-corrected chi connectivity index (χ1v) is 5.30. The molecule has 1 heterocycles. The topological polar surface area (TPSA) is 37.9 Å². The summed E-state index contributed by atoms with van der Waals surface area (Å²) in [6, 6.07) is 3.97. The van der Waals surface area contributed by atoms with E-state index >= 15 is 0 Å². The Kier molecular flexibility index (Phi) is 3.21. The summed E-state index contributed by atoms with van der Waals surface area (Å²) in [7, 11) is 0. The van der Waals surface area contributed by atoms with Gasteiger partial charge in [0.25, 0.3) is 0 Å². The number of hydrogen-bond acceptors (Lipinski definition) is 2. The van der Waals surface area contributed by atoms with Crippen LogP contribution in [0.3, 0.4) is 0 Å². The van der Waals surface area contributed by atoms with Crippen LogP contribution in [0.1, 0.15) is 5.69 Å². The summed E-state index contributed by atoms with van der Waals surface area (Å²) in [6.45, 7) is 1.82. The maximum absolute atomic E-state index is 12.0. The first-order chi connectivity index (χ1) is 8.35. The number of aromatic nitrogens is 2. The van der Waals surface area contributed by atoms with E-state index in [0.717, 1.165) is 11.8 Å². The molecule has 0 saturated carbocycles. The van der Waals surface area contributed by atoms with Crippen LogP contribution in [0.25, 0.3) is 11.4 Å². The van der Waals surface area contributed by atoms with Crippen LogP contribution >= 0.6 is 11.6 Å². The quantitative estimate of drug-likeness (QED) is 0.902. The molecule has 1 aromatic carbocycles. The van der Waals surface area contributed by atoms with Crippen molar-refractivity contribution >= 4 is 11.6 Å². The van der Waals surface area contributed by atoms with Gasteiger partial charge in [-0.2, -0.15) is 0 Å². The Bertz CT molecular complexity index is 566. The molecule has 96 valence electrons. The molecular weight excluding hydrogens is 269 g/mol. The van der Waals surface area contributed by atoms with Gasteiger partial charge in [0.15, 0.2) is 0 Å². The van der Waals surface area contributed by atoms with Gasteiger partial charge in [0.1, 0.15) is 11.6 Å². The molecule has 0 aliphatic heterocycles. The fraction of sp³-hybridized carbons (Fsp3) is 0.182. The Morgan fingerprint density at radius 3 is 2.56 bits per heavy atom. The van der Waals surface area contributed by atoms with Crippen molar-refractivity contribution in [2.45, 2.75) is 13.3 Å². The predicted octanol–water partition coefficient (Wildman–Crippen LogP) is 3.94. The van der Waals surface area contributed by atoms with E-state index in [0.29, 0.717) is 11.4 Å². The van der Waals surface area contributed by atoms with Crippen molar-refractivity contribution in [3.8, 4) is 17.1 Å². The van der Waals surface area contributed by atoms with Crippen molar-refractivity contribution in [1.82, 2.24) is 9.97 Å². The molecule has 7 heteroatoms. The van der Waals surface area contributed by atoms with Crippen molar-refractivity contribution in [2.24, 2.45) is 0 Å². The lowest BCUT2D eigenvalue weighted by atomic mass is 10.2. The lowest BCUT2D eigenvalue weighted by molar-refractivity contribution is -0.274. The van der Waals surface area contributed by atoms with E-state index in [1.807, 2.05) is 6.92 Å². The van der Waals surface area contributed by atoms with Crippen molar-refractivity contribution in [2.75, 3.05) is 0 Å². The summed E-state index contributed by atoms with van der Waals surface area (Å²) >= 11 is 5.73. The number of imidazole rings is 1. The fourth-order valence-corrected chi connectivity index (χ4v) is 1.63. The van der Waals surface area contributed by atoms with Gasteiger partial charge in [0, 0.05) is 17.5 Å². The van der Waals surface area contributed by atoms with Crippen LogP contribution < -0.4 is 4.74 Å². The molecule has 0 saturated heterocycles. The number of benzene rings is 1. The predicted molar refractivity (Wildman–Crippen MR) is 60.5 cm³/mol. The number of aromatic amines is 1. The maximum Gasteiger partial charge on any atom is 0.573 e. The van der Waals surface area contributed by atoms with E-state index in [2.05, 4.69) is 14.7 Å². The second kappa shape index (κ2) is 4.53. The zero-order valence-corrected chi connectivity index (χ0v) is 9.93. The van der Waals surface area contributed by atoms with E-state index < -0.39 is 12.1 Å². The van der Waals surface area contributed by atoms with Gasteiger partial charge in [-0.25, -0.2) is 4.98 Å². The Morgan fingerprint density at radius 2 is 2.06 bits per heavy atom. The molecule has 0 unspecified atom stereocenters. The molecule has 2 aromatic rings. The summed E-state index contributed by atoms with van der Waals surface area (Å²) in [5.41, 5.74) is 1.43.